The number of fused-ring (bicyclic) bond motifs is 3. The molecule has 20 heavy (non-hydrogen) atoms. The molecule has 2 aromatic heterocycles. The van der Waals surface area contributed by atoms with Crippen LogP contribution in [0.4, 0.5) is 0 Å². The number of H-pyrrole nitrogens is 1. The fraction of sp³-hybridized carbons (Fsp3) is 0.467. The molecule has 0 atom stereocenters. The second-order valence-electron chi connectivity index (χ2n) is 4.99. The first-order chi connectivity index (χ1) is 9.74. The van der Waals surface area contributed by atoms with Crippen molar-refractivity contribution in [3.05, 3.63) is 29.2 Å². The Morgan fingerprint density at radius 2 is 2.30 bits per heavy atom. The monoisotopic (exact) mass is 273 g/mol. The van der Waals surface area contributed by atoms with Crippen LogP contribution in [0.2, 0.25) is 0 Å². The van der Waals surface area contributed by atoms with E-state index in [0.717, 1.165) is 42.8 Å². The van der Waals surface area contributed by atoms with Crippen LogP contribution >= 0.6 is 0 Å². The van der Waals surface area contributed by atoms with Crippen LogP contribution in [0.5, 0.6) is 0 Å². The molecule has 5 heteroatoms. The van der Waals surface area contributed by atoms with Crippen molar-refractivity contribution < 1.29 is 9.53 Å². The molecular weight excluding hydrogens is 254 g/mol. The summed E-state index contributed by atoms with van der Waals surface area (Å²) in [5.41, 5.74) is 4.78. The van der Waals surface area contributed by atoms with Crippen LogP contribution in [-0.2, 0) is 24.1 Å². The van der Waals surface area contributed by atoms with Gasteiger partial charge in [-0.2, -0.15) is 5.10 Å². The van der Waals surface area contributed by atoms with Crippen molar-refractivity contribution in [2.45, 2.75) is 39.7 Å². The van der Waals surface area contributed by atoms with Crippen LogP contribution < -0.4 is 0 Å². The Balaban J connectivity index is 2.13. The Labute approximate surface area is 117 Å². The summed E-state index contributed by atoms with van der Waals surface area (Å²) in [4.78, 5) is 15.3. The van der Waals surface area contributed by atoms with Crippen molar-refractivity contribution >= 4 is 5.97 Å². The van der Waals surface area contributed by atoms with Gasteiger partial charge in [0.05, 0.1) is 17.9 Å². The highest BCUT2D eigenvalue weighted by molar-refractivity contribution is 5.98. The number of rotatable bonds is 3. The van der Waals surface area contributed by atoms with Gasteiger partial charge in [-0.15, -0.1) is 0 Å². The molecule has 0 unspecified atom stereocenters. The molecule has 5 nitrogen and oxygen atoms in total. The highest BCUT2D eigenvalue weighted by Crippen LogP contribution is 2.34. The van der Waals surface area contributed by atoms with Gasteiger partial charge in [0, 0.05) is 30.2 Å². The van der Waals surface area contributed by atoms with Crippen molar-refractivity contribution in [2.75, 3.05) is 6.61 Å². The maximum Gasteiger partial charge on any atom is 0.340 e. The molecule has 0 saturated heterocycles. The number of aryl methyl sites for hydroxylation is 3. The zero-order chi connectivity index (χ0) is 14.1. The van der Waals surface area contributed by atoms with Crippen LogP contribution in [-0.4, -0.2) is 27.3 Å². The van der Waals surface area contributed by atoms with Crippen molar-refractivity contribution in [1.82, 2.24) is 14.8 Å². The summed E-state index contributed by atoms with van der Waals surface area (Å²) in [5.74, 6) is -0.274. The molecule has 0 bridgehead atoms. The summed E-state index contributed by atoms with van der Waals surface area (Å²) < 4.78 is 7.08. The minimum Gasteiger partial charge on any atom is -0.462 e. The van der Waals surface area contributed by atoms with Gasteiger partial charge in [-0.1, -0.05) is 0 Å². The molecule has 1 N–H and O–H groups in total. The fourth-order valence-electron chi connectivity index (χ4n) is 2.78. The number of hydrogen-bond donors (Lipinski definition) is 1. The average Bonchev–Trinajstić information content (AvgIpc) is 3.00. The van der Waals surface area contributed by atoms with Crippen molar-refractivity contribution in [3.8, 4) is 11.3 Å². The van der Waals surface area contributed by atoms with Gasteiger partial charge in [0.1, 0.15) is 0 Å². The highest BCUT2D eigenvalue weighted by Gasteiger charge is 2.26. The van der Waals surface area contributed by atoms with E-state index in [1.807, 2.05) is 11.6 Å². The van der Waals surface area contributed by atoms with Gasteiger partial charge in [-0.3, -0.25) is 4.68 Å². The number of hydrogen-bond acceptors (Lipinski definition) is 3. The van der Waals surface area contributed by atoms with E-state index in [2.05, 4.69) is 23.2 Å². The predicted octanol–water partition coefficient (Wildman–Crippen LogP) is 2.56. The molecule has 2 aromatic rings. The second-order valence-corrected chi connectivity index (χ2v) is 4.99. The molecule has 0 saturated carbocycles. The molecule has 3 rings (SSSR count). The third-order valence-corrected chi connectivity index (χ3v) is 3.73. The van der Waals surface area contributed by atoms with E-state index >= 15 is 0 Å². The van der Waals surface area contributed by atoms with Crippen LogP contribution in [0.1, 0.15) is 41.9 Å². The summed E-state index contributed by atoms with van der Waals surface area (Å²) in [6.07, 6.45) is 6.85. The number of nitrogens with zero attached hydrogens (tertiary/aromatic N) is 2. The standard InChI is InChI=1S/C15H19N3O2/c1-3-18-9-10-6-5-7-12-13(14(10)17-18)11(8-16-12)15(19)20-4-2/h8-9,16H,3-7H2,1-2H3. The Hall–Kier alpha value is -2.04. The number of aromatic nitrogens is 3. The first-order valence-corrected chi connectivity index (χ1v) is 7.18. The molecule has 1 aliphatic rings. The van der Waals surface area contributed by atoms with Crippen LogP contribution in [0.15, 0.2) is 12.4 Å². The quantitative estimate of drug-likeness (QED) is 0.874. The lowest BCUT2D eigenvalue weighted by atomic mass is 10.1. The Morgan fingerprint density at radius 3 is 3.05 bits per heavy atom. The lowest BCUT2D eigenvalue weighted by Crippen LogP contribution is -2.05. The number of nitrogens with one attached hydrogen (secondary N) is 1. The molecular formula is C15H19N3O2. The molecule has 106 valence electrons. The minimum absolute atomic E-state index is 0.274. The highest BCUT2D eigenvalue weighted by atomic mass is 16.5. The maximum absolute atomic E-state index is 12.1. The molecule has 0 fully saturated rings. The minimum atomic E-state index is -0.274. The zero-order valence-electron chi connectivity index (χ0n) is 11.9. The number of carbonyl (C=O) groups excluding carboxylic acids is 1. The largest absolute Gasteiger partial charge is 0.462 e. The molecule has 0 amide bonds. The van der Waals surface area contributed by atoms with Crippen LogP contribution in [0, 0.1) is 0 Å². The Kier molecular flexibility index (Phi) is 3.34. The van der Waals surface area contributed by atoms with Crippen LogP contribution in [0.25, 0.3) is 11.3 Å². The van der Waals surface area contributed by atoms with Crippen molar-refractivity contribution in [2.24, 2.45) is 0 Å². The fourth-order valence-corrected chi connectivity index (χ4v) is 2.78. The third kappa shape index (κ3) is 2.03. The topological polar surface area (TPSA) is 59.9 Å². The smallest absolute Gasteiger partial charge is 0.340 e. The van der Waals surface area contributed by atoms with Gasteiger partial charge < -0.3 is 9.72 Å². The average molecular weight is 273 g/mol. The third-order valence-electron chi connectivity index (χ3n) is 3.73. The van der Waals surface area contributed by atoms with Gasteiger partial charge in [-0.05, 0) is 38.7 Å². The van der Waals surface area contributed by atoms with E-state index < -0.39 is 0 Å². The number of ether oxygens (including phenoxy) is 1. The maximum atomic E-state index is 12.1. The van der Waals surface area contributed by atoms with E-state index in [1.54, 1.807) is 6.20 Å². The first kappa shape index (κ1) is 13.0. The van der Waals surface area contributed by atoms with Crippen molar-refractivity contribution in [3.63, 3.8) is 0 Å². The van der Waals surface area contributed by atoms with E-state index in [4.69, 9.17) is 4.74 Å². The second kappa shape index (κ2) is 5.15. The molecule has 1 aliphatic carbocycles. The number of aromatic amines is 1. The van der Waals surface area contributed by atoms with E-state index in [1.165, 1.54) is 5.56 Å². The summed E-state index contributed by atoms with van der Waals surface area (Å²) in [6, 6.07) is 0. The lowest BCUT2D eigenvalue weighted by Gasteiger charge is -2.04. The van der Waals surface area contributed by atoms with E-state index in [9.17, 15) is 4.79 Å². The predicted molar refractivity (Wildman–Crippen MR) is 75.7 cm³/mol. The van der Waals surface area contributed by atoms with Gasteiger partial charge >= 0.3 is 5.97 Å². The lowest BCUT2D eigenvalue weighted by molar-refractivity contribution is 0.0527. The molecule has 2 heterocycles. The molecule has 0 aromatic carbocycles. The van der Waals surface area contributed by atoms with Gasteiger partial charge in [0.25, 0.3) is 0 Å². The van der Waals surface area contributed by atoms with Gasteiger partial charge in [0.15, 0.2) is 0 Å². The van der Waals surface area contributed by atoms with Crippen molar-refractivity contribution in [1.29, 1.82) is 0 Å². The summed E-state index contributed by atoms with van der Waals surface area (Å²) in [6.45, 7) is 5.10. The first-order valence-electron chi connectivity index (χ1n) is 7.18. The SMILES string of the molecule is CCOC(=O)c1c[nH]c2c1-c1nn(CC)cc1CCC2. The normalized spacial score (nSPS) is 13.5. The molecule has 0 radical (unpaired) electrons. The Bertz CT molecular complexity index is 640. The number of esters is 1. The van der Waals surface area contributed by atoms with E-state index in [-0.39, 0.29) is 5.97 Å². The van der Waals surface area contributed by atoms with Gasteiger partial charge in [0.2, 0.25) is 0 Å². The molecule has 0 aliphatic heterocycles. The Morgan fingerprint density at radius 1 is 1.45 bits per heavy atom. The summed E-state index contributed by atoms with van der Waals surface area (Å²) >= 11 is 0. The van der Waals surface area contributed by atoms with Crippen LogP contribution in [0.3, 0.4) is 0 Å². The zero-order valence-corrected chi connectivity index (χ0v) is 11.9. The summed E-state index contributed by atoms with van der Waals surface area (Å²) in [7, 11) is 0. The molecule has 0 spiro atoms. The van der Waals surface area contributed by atoms with E-state index in [0.29, 0.717) is 12.2 Å². The van der Waals surface area contributed by atoms with Gasteiger partial charge in [-0.25, -0.2) is 4.79 Å². The number of carbonyl (C=O) groups is 1. The summed E-state index contributed by atoms with van der Waals surface area (Å²) in [5, 5.41) is 4.63.